The molecule has 2 rings (SSSR count). The van der Waals surface area contributed by atoms with Crippen molar-refractivity contribution in [2.24, 2.45) is 0 Å². The molecule has 1 fully saturated rings. The smallest absolute Gasteiger partial charge is 0.224 e. The zero-order chi connectivity index (χ0) is 11.7. The maximum absolute atomic E-state index is 5.90. The minimum absolute atomic E-state index is 0.252. The van der Waals surface area contributed by atoms with Crippen molar-refractivity contribution in [3.8, 4) is 0 Å². The second-order valence-electron chi connectivity index (χ2n) is 3.93. The van der Waals surface area contributed by atoms with E-state index in [9.17, 15) is 0 Å². The van der Waals surface area contributed by atoms with Crippen LogP contribution in [0.25, 0.3) is 0 Å². The van der Waals surface area contributed by atoms with Crippen LogP contribution in [-0.2, 0) is 0 Å². The van der Waals surface area contributed by atoms with Gasteiger partial charge in [-0.2, -0.15) is 16.7 Å². The van der Waals surface area contributed by atoms with Gasteiger partial charge < -0.3 is 10.6 Å². The minimum atomic E-state index is 0.252. The summed E-state index contributed by atoms with van der Waals surface area (Å²) >= 11 is 7.79. The summed E-state index contributed by atoms with van der Waals surface area (Å²) in [6.45, 7) is 5.36. The first-order valence-corrected chi connectivity index (χ1v) is 6.68. The average Bonchev–Trinajstić information content (AvgIpc) is 2.26. The summed E-state index contributed by atoms with van der Waals surface area (Å²) in [5.41, 5.74) is 6.49. The third-order valence-corrected chi connectivity index (χ3v) is 4.44. The predicted molar refractivity (Wildman–Crippen MR) is 70.2 cm³/mol. The van der Waals surface area contributed by atoms with Crippen molar-refractivity contribution in [2.45, 2.75) is 25.1 Å². The van der Waals surface area contributed by atoms with Crippen LogP contribution in [0.15, 0.2) is 6.20 Å². The summed E-state index contributed by atoms with van der Waals surface area (Å²) in [6.07, 6.45) is 1.57. The Balaban J connectivity index is 2.31. The Kier molecular flexibility index (Phi) is 3.44. The van der Waals surface area contributed by atoms with Crippen LogP contribution in [0.5, 0.6) is 0 Å². The number of aromatic nitrogens is 2. The molecule has 88 valence electrons. The lowest BCUT2D eigenvalue weighted by atomic mass is 10.2. The lowest BCUT2D eigenvalue weighted by molar-refractivity contribution is 0.620. The third-order valence-electron chi connectivity index (χ3n) is 2.92. The number of nitrogen functional groups attached to an aromatic ring is 1. The highest BCUT2D eigenvalue weighted by Crippen LogP contribution is 2.31. The van der Waals surface area contributed by atoms with E-state index < -0.39 is 0 Å². The summed E-state index contributed by atoms with van der Waals surface area (Å²) in [4.78, 5) is 10.3. The highest BCUT2D eigenvalue weighted by Gasteiger charge is 2.27. The van der Waals surface area contributed by atoms with Crippen LogP contribution < -0.4 is 10.6 Å². The van der Waals surface area contributed by atoms with Crippen molar-refractivity contribution in [1.82, 2.24) is 9.97 Å². The molecule has 16 heavy (non-hydrogen) atoms. The molecule has 0 amide bonds. The summed E-state index contributed by atoms with van der Waals surface area (Å²) < 4.78 is 0. The summed E-state index contributed by atoms with van der Waals surface area (Å²) in [6, 6.07) is 0.409. The van der Waals surface area contributed by atoms with Gasteiger partial charge in [-0.1, -0.05) is 6.92 Å². The molecule has 1 aliphatic rings. The van der Waals surface area contributed by atoms with Gasteiger partial charge in [0.25, 0.3) is 0 Å². The molecular weight excluding hydrogens is 244 g/mol. The number of anilines is 2. The summed E-state index contributed by atoms with van der Waals surface area (Å²) in [5, 5.41) is 0.823. The fourth-order valence-corrected chi connectivity index (χ4v) is 3.05. The zero-order valence-electron chi connectivity index (χ0n) is 9.35. The predicted octanol–water partition coefficient (Wildman–Crippen LogP) is 2.04. The first kappa shape index (κ1) is 11.8. The number of thioether (sulfide) groups is 1. The van der Waals surface area contributed by atoms with Crippen LogP contribution in [0, 0.1) is 0 Å². The van der Waals surface area contributed by atoms with Gasteiger partial charge in [0.2, 0.25) is 5.28 Å². The van der Waals surface area contributed by atoms with Gasteiger partial charge in [0.1, 0.15) is 0 Å². The van der Waals surface area contributed by atoms with Gasteiger partial charge in [0, 0.05) is 23.6 Å². The molecule has 0 spiro atoms. The van der Waals surface area contributed by atoms with Gasteiger partial charge in [-0.25, -0.2) is 4.98 Å². The number of halogens is 1. The minimum Gasteiger partial charge on any atom is -0.394 e. The van der Waals surface area contributed by atoms with E-state index in [0.717, 1.165) is 18.1 Å². The summed E-state index contributed by atoms with van der Waals surface area (Å²) in [7, 11) is 0. The fourth-order valence-electron chi connectivity index (χ4n) is 1.82. The molecule has 1 saturated heterocycles. The maximum Gasteiger partial charge on any atom is 0.224 e. The van der Waals surface area contributed by atoms with Gasteiger partial charge in [-0.15, -0.1) is 0 Å². The molecule has 0 radical (unpaired) electrons. The van der Waals surface area contributed by atoms with E-state index in [-0.39, 0.29) is 5.28 Å². The normalized spacial score (nSPS) is 25.8. The quantitative estimate of drug-likeness (QED) is 0.782. The van der Waals surface area contributed by atoms with E-state index in [1.165, 1.54) is 0 Å². The van der Waals surface area contributed by atoms with Gasteiger partial charge in [-0.05, 0) is 18.5 Å². The van der Waals surface area contributed by atoms with Crippen LogP contribution in [0.3, 0.4) is 0 Å². The summed E-state index contributed by atoms with van der Waals surface area (Å²) in [5.74, 6) is 1.85. The average molecular weight is 259 g/mol. The van der Waals surface area contributed by atoms with E-state index in [4.69, 9.17) is 17.3 Å². The Bertz CT molecular complexity index is 387. The first-order valence-electron chi connectivity index (χ1n) is 5.26. The lowest BCUT2D eigenvalue weighted by Crippen LogP contribution is -2.45. The van der Waals surface area contributed by atoms with Crippen molar-refractivity contribution >= 4 is 34.9 Å². The largest absolute Gasteiger partial charge is 0.394 e. The second-order valence-corrected chi connectivity index (χ2v) is 5.75. The number of hydrogen-bond acceptors (Lipinski definition) is 5. The van der Waals surface area contributed by atoms with Gasteiger partial charge in [0.15, 0.2) is 5.82 Å². The standard InChI is InChI=1S/C10H15ClN4S/c1-6-7(2)16-4-3-15(6)9-8(12)5-13-10(11)14-9/h5-7H,3-4,12H2,1-2H3. The van der Waals surface area contributed by atoms with Crippen LogP contribution >= 0.6 is 23.4 Å². The molecule has 2 atom stereocenters. The number of nitrogens with zero attached hydrogens (tertiary/aromatic N) is 3. The Morgan fingerprint density at radius 2 is 2.31 bits per heavy atom. The second kappa shape index (κ2) is 4.67. The Morgan fingerprint density at radius 3 is 3.06 bits per heavy atom. The van der Waals surface area contributed by atoms with Crippen LogP contribution in [-0.4, -0.2) is 33.6 Å². The molecule has 1 aliphatic heterocycles. The molecule has 6 heteroatoms. The number of rotatable bonds is 1. The van der Waals surface area contributed by atoms with Crippen molar-refractivity contribution in [3.05, 3.63) is 11.5 Å². The first-order chi connectivity index (χ1) is 7.59. The van der Waals surface area contributed by atoms with E-state index in [1.54, 1.807) is 6.20 Å². The highest BCUT2D eigenvalue weighted by atomic mass is 35.5. The van der Waals surface area contributed by atoms with Crippen LogP contribution in [0.1, 0.15) is 13.8 Å². The van der Waals surface area contributed by atoms with Crippen molar-refractivity contribution in [3.63, 3.8) is 0 Å². The van der Waals surface area contributed by atoms with Crippen molar-refractivity contribution < 1.29 is 0 Å². The molecule has 0 aliphatic carbocycles. The third kappa shape index (κ3) is 2.20. The zero-order valence-corrected chi connectivity index (χ0v) is 10.9. The maximum atomic E-state index is 5.90. The number of nitrogens with two attached hydrogens (primary N) is 1. The molecule has 4 nitrogen and oxygen atoms in total. The molecule has 0 saturated carbocycles. The van der Waals surface area contributed by atoms with Crippen LogP contribution in [0.2, 0.25) is 5.28 Å². The Labute approximate surface area is 105 Å². The van der Waals surface area contributed by atoms with E-state index in [1.807, 2.05) is 11.8 Å². The molecule has 2 unspecified atom stereocenters. The monoisotopic (exact) mass is 258 g/mol. The van der Waals surface area contributed by atoms with Crippen molar-refractivity contribution in [2.75, 3.05) is 22.9 Å². The van der Waals surface area contributed by atoms with Gasteiger partial charge >= 0.3 is 0 Å². The molecule has 0 bridgehead atoms. The van der Waals surface area contributed by atoms with E-state index in [0.29, 0.717) is 17.0 Å². The molecule has 1 aromatic rings. The Morgan fingerprint density at radius 1 is 1.56 bits per heavy atom. The molecule has 1 aromatic heterocycles. The molecule has 2 N–H and O–H groups in total. The van der Waals surface area contributed by atoms with E-state index in [2.05, 4.69) is 28.7 Å². The molecule has 2 heterocycles. The molecular formula is C10H15ClN4S. The topological polar surface area (TPSA) is 55.0 Å². The van der Waals surface area contributed by atoms with E-state index >= 15 is 0 Å². The SMILES string of the molecule is CC1SCCN(c2nc(Cl)ncc2N)C1C. The van der Waals surface area contributed by atoms with Crippen LogP contribution in [0.4, 0.5) is 11.5 Å². The Hall–Kier alpha value is -0.680. The fraction of sp³-hybridized carbons (Fsp3) is 0.600. The highest BCUT2D eigenvalue weighted by molar-refractivity contribution is 8.00. The molecule has 0 aromatic carbocycles. The van der Waals surface area contributed by atoms with Crippen molar-refractivity contribution in [1.29, 1.82) is 0 Å². The van der Waals surface area contributed by atoms with Gasteiger partial charge in [0.05, 0.1) is 11.9 Å². The number of hydrogen-bond donors (Lipinski definition) is 1. The van der Waals surface area contributed by atoms with Gasteiger partial charge in [-0.3, -0.25) is 0 Å². The lowest BCUT2D eigenvalue weighted by Gasteiger charge is -2.38.